The van der Waals surface area contributed by atoms with Gasteiger partial charge in [0.15, 0.2) is 6.71 Å². The van der Waals surface area contributed by atoms with E-state index in [9.17, 15) is 0 Å². The summed E-state index contributed by atoms with van der Waals surface area (Å²) in [6.07, 6.45) is 2.20. The van der Waals surface area contributed by atoms with Crippen molar-refractivity contribution in [2.24, 2.45) is 5.73 Å². The molecule has 0 radical (unpaired) electrons. The molecule has 0 fully saturated rings. The quantitative estimate of drug-likeness (QED) is 0.756. The largest absolute Gasteiger partial charge is 0.389 e. The normalized spacial score (nSPS) is 19.1. The van der Waals surface area contributed by atoms with Crippen molar-refractivity contribution in [2.45, 2.75) is 52.5 Å². The lowest BCUT2D eigenvalue weighted by molar-refractivity contribution is 0.293. The second-order valence-electron chi connectivity index (χ2n) is 8.61. The number of hydrogen-bond donors (Lipinski definition) is 2. The molecular formula is C26H34BN3. The molecule has 2 aromatic rings. The van der Waals surface area contributed by atoms with Crippen molar-refractivity contribution in [3.8, 4) is 0 Å². The molecule has 0 spiro atoms. The molecule has 30 heavy (non-hydrogen) atoms. The van der Waals surface area contributed by atoms with E-state index in [4.69, 9.17) is 5.73 Å². The Balaban J connectivity index is 0.00000106. The second-order valence-corrected chi connectivity index (χ2v) is 8.61. The first-order valence-corrected chi connectivity index (χ1v) is 11.4. The molecule has 0 amide bonds. The molecule has 0 bridgehead atoms. The fourth-order valence-electron chi connectivity index (χ4n) is 5.18. The Kier molecular flexibility index (Phi) is 6.17. The molecule has 0 aromatic heterocycles. The van der Waals surface area contributed by atoms with Crippen LogP contribution in [0.25, 0.3) is 11.3 Å². The maximum atomic E-state index is 5.74. The van der Waals surface area contributed by atoms with E-state index in [0.29, 0.717) is 12.7 Å². The Morgan fingerprint density at radius 2 is 1.97 bits per heavy atom. The average molecular weight is 399 g/mol. The number of fused-ring (bicyclic) bond motifs is 3. The summed E-state index contributed by atoms with van der Waals surface area (Å²) in [5.74, 6) is 2.97. The molecular weight excluding hydrogens is 365 g/mol. The van der Waals surface area contributed by atoms with E-state index >= 15 is 0 Å². The van der Waals surface area contributed by atoms with Gasteiger partial charge in [-0.1, -0.05) is 62.3 Å². The van der Waals surface area contributed by atoms with Crippen LogP contribution in [0, 0.1) is 0 Å². The lowest BCUT2D eigenvalue weighted by Crippen LogP contribution is -2.42. The molecule has 1 unspecified atom stereocenters. The van der Waals surface area contributed by atoms with Crippen LogP contribution in [0.3, 0.4) is 0 Å². The van der Waals surface area contributed by atoms with Crippen molar-refractivity contribution in [3.63, 3.8) is 0 Å². The van der Waals surface area contributed by atoms with Crippen LogP contribution in [-0.2, 0) is 25.8 Å². The molecule has 3 heterocycles. The summed E-state index contributed by atoms with van der Waals surface area (Å²) in [6.45, 7) is 14.6. The summed E-state index contributed by atoms with van der Waals surface area (Å²) in [5, 5.41) is 3.83. The summed E-state index contributed by atoms with van der Waals surface area (Å²) >= 11 is 0. The van der Waals surface area contributed by atoms with Crippen LogP contribution in [-0.4, -0.2) is 30.6 Å². The zero-order valence-electron chi connectivity index (χ0n) is 18.7. The number of benzene rings is 2. The lowest BCUT2D eigenvalue weighted by Gasteiger charge is -2.28. The van der Waals surface area contributed by atoms with E-state index < -0.39 is 0 Å². The first-order valence-electron chi connectivity index (χ1n) is 11.4. The van der Waals surface area contributed by atoms with Gasteiger partial charge in [-0.2, -0.15) is 0 Å². The maximum Gasteiger partial charge on any atom is 0.199 e. The van der Waals surface area contributed by atoms with E-state index in [0.717, 1.165) is 38.9 Å². The average Bonchev–Trinajstić information content (AvgIpc) is 3.35. The highest BCUT2D eigenvalue weighted by atomic mass is 15.1. The van der Waals surface area contributed by atoms with Gasteiger partial charge in [-0.25, -0.2) is 0 Å². The second kappa shape index (κ2) is 8.83. The lowest BCUT2D eigenvalue weighted by atomic mass is 9.39. The predicted molar refractivity (Wildman–Crippen MR) is 130 cm³/mol. The molecule has 3 N–H and O–H groups in total. The molecule has 4 heteroatoms. The molecule has 0 saturated heterocycles. The third kappa shape index (κ3) is 3.87. The minimum atomic E-state index is 0.505. The first kappa shape index (κ1) is 21.0. The van der Waals surface area contributed by atoms with Gasteiger partial charge in [0.1, 0.15) is 0 Å². The Morgan fingerprint density at radius 3 is 2.73 bits per heavy atom. The van der Waals surface area contributed by atoms with E-state index in [1.54, 1.807) is 0 Å². The van der Waals surface area contributed by atoms with Crippen LogP contribution in [0.2, 0.25) is 0 Å². The van der Waals surface area contributed by atoms with Gasteiger partial charge >= 0.3 is 0 Å². The Bertz CT molecular complexity index is 978. The minimum absolute atomic E-state index is 0.505. The summed E-state index contributed by atoms with van der Waals surface area (Å²) in [7, 11) is 0. The Hall–Kier alpha value is -2.30. The Morgan fingerprint density at radius 1 is 1.17 bits per heavy atom. The van der Waals surface area contributed by atoms with Crippen molar-refractivity contribution in [1.82, 2.24) is 10.2 Å². The van der Waals surface area contributed by atoms with Gasteiger partial charge in [0.2, 0.25) is 0 Å². The number of nitrogens with two attached hydrogens (primary N) is 1. The van der Waals surface area contributed by atoms with Crippen LogP contribution < -0.4 is 11.1 Å². The van der Waals surface area contributed by atoms with Crippen LogP contribution >= 0.6 is 0 Å². The molecule has 0 aliphatic carbocycles. The molecule has 0 saturated carbocycles. The topological polar surface area (TPSA) is 41.3 Å². The van der Waals surface area contributed by atoms with Gasteiger partial charge in [-0.05, 0) is 59.1 Å². The predicted octanol–water partition coefficient (Wildman–Crippen LogP) is 4.24. The molecule has 5 rings (SSSR count). The van der Waals surface area contributed by atoms with Gasteiger partial charge in [-0.15, -0.1) is 0 Å². The van der Waals surface area contributed by atoms with Crippen LogP contribution in [0.1, 0.15) is 54.2 Å². The van der Waals surface area contributed by atoms with Crippen molar-refractivity contribution in [2.75, 3.05) is 13.1 Å². The molecule has 2 aromatic carbocycles. The highest BCUT2D eigenvalue weighted by Crippen LogP contribution is 2.33. The Labute approximate surface area is 182 Å². The summed E-state index contributed by atoms with van der Waals surface area (Å²) in [6, 6.07) is 13.7. The van der Waals surface area contributed by atoms with Gasteiger partial charge in [-0.3, -0.25) is 4.90 Å². The van der Waals surface area contributed by atoms with E-state index in [1.807, 2.05) is 13.8 Å². The van der Waals surface area contributed by atoms with Crippen LogP contribution in [0.5, 0.6) is 0 Å². The van der Waals surface area contributed by atoms with Crippen molar-refractivity contribution in [1.29, 1.82) is 0 Å². The maximum absolute atomic E-state index is 5.74. The third-order valence-electron chi connectivity index (χ3n) is 6.60. The van der Waals surface area contributed by atoms with E-state index in [-0.39, 0.29) is 0 Å². The van der Waals surface area contributed by atoms with Gasteiger partial charge in [0.25, 0.3) is 0 Å². The van der Waals surface area contributed by atoms with E-state index in [1.165, 1.54) is 44.7 Å². The first-order chi connectivity index (χ1) is 14.6. The SMILES string of the molecule is C=C(C)c1cccc2c1CB1C=C(c3ccc4c(c3)CN(CCN)C4)NC1C2.CC. The zero-order chi connectivity index (χ0) is 21.3. The molecule has 156 valence electrons. The number of allylic oxidation sites excluding steroid dienone is 1. The van der Waals surface area contributed by atoms with Gasteiger partial charge < -0.3 is 11.1 Å². The molecule has 3 aliphatic heterocycles. The van der Waals surface area contributed by atoms with Crippen molar-refractivity contribution in [3.05, 3.63) is 82.3 Å². The number of hydrogen-bond acceptors (Lipinski definition) is 3. The van der Waals surface area contributed by atoms with Gasteiger partial charge in [0.05, 0.1) is 0 Å². The standard InChI is InChI=1S/C24H28BN3.C2H6/c1-16(2)21-5-3-4-17-11-24-25(12-22(17)21)13-23(27-24)18-6-7-19-14-28(9-8-26)15-20(19)10-18;1-2/h3-7,10,13,24,27H,1,8-9,11-12,14-15,26H2,2H3;1-2H3. The van der Waals surface area contributed by atoms with Crippen LogP contribution in [0.4, 0.5) is 0 Å². The number of nitrogens with zero attached hydrogens (tertiary/aromatic N) is 1. The van der Waals surface area contributed by atoms with Gasteiger partial charge in [0, 0.05) is 37.8 Å². The summed E-state index contributed by atoms with van der Waals surface area (Å²) in [4.78, 5) is 2.43. The fourth-order valence-corrected chi connectivity index (χ4v) is 5.18. The zero-order valence-corrected chi connectivity index (χ0v) is 18.7. The van der Waals surface area contributed by atoms with Crippen molar-refractivity contribution < 1.29 is 0 Å². The summed E-state index contributed by atoms with van der Waals surface area (Å²) < 4.78 is 0. The number of nitrogens with one attached hydrogen (secondary N) is 1. The smallest absolute Gasteiger partial charge is 0.199 e. The van der Waals surface area contributed by atoms with E-state index in [2.05, 4.69) is 66.1 Å². The van der Waals surface area contributed by atoms with Crippen LogP contribution in [0.15, 0.2) is 49.0 Å². The highest BCUT2D eigenvalue weighted by molar-refractivity contribution is 6.68. The molecule has 3 aliphatic rings. The van der Waals surface area contributed by atoms with Crippen molar-refractivity contribution >= 4 is 18.0 Å². The highest BCUT2D eigenvalue weighted by Gasteiger charge is 2.36. The monoisotopic (exact) mass is 399 g/mol. The fraction of sp³-hybridized carbons (Fsp3) is 0.385. The molecule has 1 atom stereocenters. The summed E-state index contributed by atoms with van der Waals surface area (Å²) in [5.41, 5.74) is 16.8. The minimum Gasteiger partial charge on any atom is -0.389 e. The molecule has 3 nitrogen and oxygen atoms in total. The number of rotatable bonds is 4. The third-order valence-corrected chi connectivity index (χ3v) is 6.60.